The Morgan fingerprint density at radius 3 is 2.60 bits per heavy atom. The number of halogens is 1. The zero-order valence-corrected chi connectivity index (χ0v) is 9.17. The van der Waals surface area contributed by atoms with Gasteiger partial charge in [0.2, 0.25) is 0 Å². The predicted molar refractivity (Wildman–Crippen MR) is 60.0 cm³/mol. The number of rotatable bonds is 2. The summed E-state index contributed by atoms with van der Waals surface area (Å²) in [6, 6.07) is 5.02. The van der Waals surface area contributed by atoms with E-state index in [1.165, 1.54) is 31.7 Å². The number of hydrogen-bond acceptors (Lipinski definition) is 1. The van der Waals surface area contributed by atoms with Gasteiger partial charge in [-0.25, -0.2) is 4.39 Å². The van der Waals surface area contributed by atoms with Crippen LogP contribution in [-0.2, 0) is 0 Å². The van der Waals surface area contributed by atoms with Crippen molar-refractivity contribution in [2.75, 3.05) is 0 Å². The number of benzene rings is 1. The lowest BCUT2D eigenvalue weighted by Crippen LogP contribution is -2.20. The second-order valence-electron chi connectivity index (χ2n) is 4.57. The lowest BCUT2D eigenvalue weighted by atomic mass is 9.90. The van der Waals surface area contributed by atoms with Gasteiger partial charge in [0.25, 0.3) is 0 Å². The average Bonchev–Trinajstić information content (AvgIpc) is 2.69. The first-order valence-corrected chi connectivity index (χ1v) is 5.70. The molecule has 2 rings (SSSR count). The fourth-order valence-electron chi connectivity index (χ4n) is 2.58. The van der Waals surface area contributed by atoms with Gasteiger partial charge >= 0.3 is 0 Å². The second kappa shape index (κ2) is 4.31. The molecule has 82 valence electrons. The molecule has 1 aromatic rings. The van der Waals surface area contributed by atoms with E-state index in [0.29, 0.717) is 5.92 Å². The van der Waals surface area contributed by atoms with Crippen molar-refractivity contribution in [3.8, 4) is 0 Å². The van der Waals surface area contributed by atoms with E-state index < -0.39 is 0 Å². The molecule has 15 heavy (non-hydrogen) atoms. The van der Waals surface area contributed by atoms with E-state index in [1.807, 2.05) is 13.0 Å². The highest BCUT2D eigenvalue weighted by atomic mass is 19.1. The zero-order chi connectivity index (χ0) is 10.8. The van der Waals surface area contributed by atoms with E-state index in [1.54, 1.807) is 6.07 Å². The molecular formula is C13H18FN. The summed E-state index contributed by atoms with van der Waals surface area (Å²) in [5.74, 6) is 0.420. The maximum Gasteiger partial charge on any atom is 0.123 e. The highest BCUT2D eigenvalue weighted by molar-refractivity contribution is 5.29. The quantitative estimate of drug-likeness (QED) is 0.791. The molecule has 0 radical (unpaired) electrons. The van der Waals surface area contributed by atoms with Gasteiger partial charge in [0.05, 0.1) is 0 Å². The van der Waals surface area contributed by atoms with Crippen molar-refractivity contribution in [3.05, 3.63) is 35.1 Å². The van der Waals surface area contributed by atoms with Crippen molar-refractivity contribution >= 4 is 0 Å². The Labute approximate surface area is 90.5 Å². The van der Waals surface area contributed by atoms with Crippen molar-refractivity contribution in [3.63, 3.8) is 0 Å². The molecule has 1 nitrogen and oxygen atoms in total. The first-order chi connectivity index (χ1) is 7.18. The smallest absolute Gasteiger partial charge is 0.123 e. The van der Waals surface area contributed by atoms with Crippen LogP contribution < -0.4 is 5.73 Å². The van der Waals surface area contributed by atoms with Crippen LogP contribution in [0.1, 0.15) is 42.9 Å². The zero-order valence-electron chi connectivity index (χ0n) is 9.17. The van der Waals surface area contributed by atoms with Crippen LogP contribution in [0.15, 0.2) is 18.2 Å². The lowest BCUT2D eigenvalue weighted by molar-refractivity contribution is 0.443. The van der Waals surface area contributed by atoms with Crippen molar-refractivity contribution in [1.29, 1.82) is 0 Å². The fraction of sp³-hybridized carbons (Fsp3) is 0.538. The number of hydrogen-bond donors (Lipinski definition) is 1. The molecule has 0 aliphatic heterocycles. The van der Waals surface area contributed by atoms with E-state index in [9.17, 15) is 4.39 Å². The van der Waals surface area contributed by atoms with E-state index >= 15 is 0 Å². The number of nitrogens with two attached hydrogens (primary N) is 1. The van der Waals surface area contributed by atoms with Crippen molar-refractivity contribution in [2.45, 2.75) is 38.6 Å². The Kier molecular flexibility index (Phi) is 3.06. The van der Waals surface area contributed by atoms with Crippen molar-refractivity contribution in [1.82, 2.24) is 0 Å². The molecule has 1 aromatic carbocycles. The van der Waals surface area contributed by atoms with Gasteiger partial charge in [0.1, 0.15) is 5.82 Å². The Morgan fingerprint density at radius 1 is 1.33 bits per heavy atom. The summed E-state index contributed by atoms with van der Waals surface area (Å²) in [6.07, 6.45) is 5.02. The Morgan fingerprint density at radius 2 is 2.00 bits per heavy atom. The first-order valence-electron chi connectivity index (χ1n) is 5.70. The molecule has 1 saturated carbocycles. The monoisotopic (exact) mass is 207 g/mol. The lowest BCUT2D eigenvalue weighted by Gasteiger charge is -2.21. The molecule has 2 N–H and O–H groups in total. The summed E-state index contributed by atoms with van der Waals surface area (Å²) in [4.78, 5) is 0. The highest BCUT2D eigenvalue weighted by Gasteiger charge is 2.24. The molecule has 0 unspecified atom stereocenters. The third-order valence-electron chi connectivity index (χ3n) is 3.50. The number of aryl methyl sites for hydroxylation is 1. The molecule has 1 aliphatic carbocycles. The van der Waals surface area contributed by atoms with E-state index in [0.717, 1.165) is 11.1 Å². The molecule has 0 amide bonds. The summed E-state index contributed by atoms with van der Waals surface area (Å²) < 4.78 is 12.9. The van der Waals surface area contributed by atoms with Gasteiger partial charge in [-0.2, -0.15) is 0 Å². The maximum absolute atomic E-state index is 12.9. The van der Waals surface area contributed by atoms with Crippen molar-refractivity contribution < 1.29 is 4.39 Å². The van der Waals surface area contributed by atoms with Gasteiger partial charge in [0, 0.05) is 6.04 Å². The van der Waals surface area contributed by atoms with Crippen LogP contribution in [0.2, 0.25) is 0 Å². The minimum Gasteiger partial charge on any atom is -0.324 e. The highest BCUT2D eigenvalue weighted by Crippen LogP contribution is 2.35. The second-order valence-corrected chi connectivity index (χ2v) is 4.57. The largest absolute Gasteiger partial charge is 0.324 e. The molecule has 0 aromatic heterocycles. The van der Waals surface area contributed by atoms with Gasteiger partial charge in [0.15, 0.2) is 0 Å². The third kappa shape index (κ3) is 2.20. The van der Waals surface area contributed by atoms with Crippen LogP contribution in [0.25, 0.3) is 0 Å². The normalized spacial score (nSPS) is 19.4. The molecule has 1 fully saturated rings. The van der Waals surface area contributed by atoms with Crippen molar-refractivity contribution in [2.24, 2.45) is 11.7 Å². The first kappa shape index (κ1) is 10.6. The summed E-state index contributed by atoms with van der Waals surface area (Å²) in [6.45, 7) is 1.94. The topological polar surface area (TPSA) is 26.0 Å². The Hall–Kier alpha value is -0.890. The fourth-order valence-corrected chi connectivity index (χ4v) is 2.58. The molecule has 1 aliphatic rings. The van der Waals surface area contributed by atoms with Crippen LogP contribution in [0.5, 0.6) is 0 Å². The average molecular weight is 207 g/mol. The Bertz CT molecular complexity index is 342. The van der Waals surface area contributed by atoms with Crippen LogP contribution in [0.3, 0.4) is 0 Å². The summed E-state index contributed by atoms with van der Waals surface area (Å²) in [7, 11) is 0. The molecule has 0 bridgehead atoms. The van der Waals surface area contributed by atoms with Crippen LogP contribution >= 0.6 is 0 Å². The summed E-state index contributed by atoms with van der Waals surface area (Å²) in [5, 5.41) is 0. The van der Waals surface area contributed by atoms with Crippen LogP contribution in [-0.4, -0.2) is 0 Å². The van der Waals surface area contributed by atoms with Gasteiger partial charge in [-0.05, 0) is 48.9 Å². The van der Waals surface area contributed by atoms with Gasteiger partial charge in [-0.1, -0.05) is 18.9 Å². The van der Waals surface area contributed by atoms with Crippen LogP contribution in [0, 0.1) is 18.7 Å². The molecule has 2 heteroatoms. The van der Waals surface area contributed by atoms with Gasteiger partial charge in [-0.3, -0.25) is 0 Å². The van der Waals surface area contributed by atoms with E-state index in [2.05, 4.69) is 0 Å². The van der Waals surface area contributed by atoms with Crippen LogP contribution in [0.4, 0.5) is 4.39 Å². The minimum atomic E-state index is -0.171. The SMILES string of the molecule is Cc1cc(F)ccc1[C@H](N)C1CCCC1. The standard InChI is InChI=1S/C13H18FN/c1-9-8-11(14)6-7-12(9)13(15)10-4-2-3-5-10/h6-8,10,13H,2-5,15H2,1H3/t13-/m1/s1. The minimum absolute atomic E-state index is 0.0908. The van der Waals surface area contributed by atoms with E-state index in [4.69, 9.17) is 5.73 Å². The molecule has 1 atom stereocenters. The van der Waals surface area contributed by atoms with E-state index in [-0.39, 0.29) is 11.9 Å². The molecule has 0 saturated heterocycles. The summed E-state index contributed by atoms with van der Waals surface area (Å²) in [5.41, 5.74) is 8.32. The van der Waals surface area contributed by atoms with Gasteiger partial charge in [-0.15, -0.1) is 0 Å². The Balaban J connectivity index is 2.20. The third-order valence-corrected chi connectivity index (χ3v) is 3.50. The predicted octanol–water partition coefficient (Wildman–Crippen LogP) is 3.32. The van der Waals surface area contributed by atoms with Gasteiger partial charge < -0.3 is 5.73 Å². The maximum atomic E-state index is 12.9. The summed E-state index contributed by atoms with van der Waals surface area (Å²) >= 11 is 0. The molecule has 0 spiro atoms. The molecule has 0 heterocycles. The molecular weight excluding hydrogens is 189 g/mol.